The average Bonchev–Trinajstić information content (AvgIpc) is 2.69. The number of esters is 1. The summed E-state index contributed by atoms with van der Waals surface area (Å²) in [6.07, 6.45) is -0.456. The molecule has 4 rings (SSSR count). The van der Waals surface area contributed by atoms with Crippen molar-refractivity contribution in [1.82, 2.24) is 0 Å². The summed E-state index contributed by atoms with van der Waals surface area (Å²) >= 11 is 0. The molecule has 26 heavy (non-hydrogen) atoms. The van der Waals surface area contributed by atoms with E-state index in [0.717, 1.165) is 16.7 Å². The van der Waals surface area contributed by atoms with Crippen molar-refractivity contribution in [3.63, 3.8) is 0 Å². The number of rotatable bonds is 3. The van der Waals surface area contributed by atoms with Gasteiger partial charge in [0.15, 0.2) is 6.10 Å². The van der Waals surface area contributed by atoms with Crippen LogP contribution in [0.15, 0.2) is 78.9 Å². The van der Waals surface area contributed by atoms with Crippen LogP contribution in [0.4, 0.5) is 5.69 Å². The number of ether oxygens (including phenoxy) is 1. The molecule has 1 amide bonds. The number of hydrogen-bond donors (Lipinski definition) is 1. The Morgan fingerprint density at radius 1 is 0.846 bits per heavy atom. The Morgan fingerprint density at radius 3 is 2.31 bits per heavy atom. The number of carbonyl (C=O) groups is 2. The highest BCUT2D eigenvalue weighted by molar-refractivity contribution is 6.01. The molecule has 1 aliphatic heterocycles. The summed E-state index contributed by atoms with van der Waals surface area (Å²) < 4.78 is 5.34. The molecule has 128 valence electrons. The van der Waals surface area contributed by atoms with Crippen LogP contribution in [-0.4, -0.2) is 18.0 Å². The molecule has 1 atom stereocenters. The molecule has 4 heteroatoms. The second-order valence-electron chi connectivity index (χ2n) is 6.16. The molecule has 1 N–H and O–H groups in total. The van der Waals surface area contributed by atoms with Gasteiger partial charge in [-0.25, -0.2) is 4.79 Å². The normalized spacial score (nSPS) is 15.7. The zero-order chi connectivity index (χ0) is 17.9. The lowest BCUT2D eigenvalue weighted by atomic mass is 9.98. The van der Waals surface area contributed by atoms with Crippen LogP contribution in [-0.2, 0) is 16.0 Å². The van der Waals surface area contributed by atoms with Crippen molar-refractivity contribution in [1.29, 1.82) is 0 Å². The van der Waals surface area contributed by atoms with Crippen LogP contribution in [0.5, 0.6) is 0 Å². The van der Waals surface area contributed by atoms with E-state index in [9.17, 15) is 9.59 Å². The Hall–Kier alpha value is -3.40. The van der Waals surface area contributed by atoms with Gasteiger partial charge in [0.1, 0.15) is 0 Å². The Morgan fingerprint density at radius 2 is 1.50 bits per heavy atom. The topological polar surface area (TPSA) is 55.4 Å². The van der Waals surface area contributed by atoms with Gasteiger partial charge in [0.05, 0.1) is 5.56 Å². The lowest BCUT2D eigenvalue weighted by molar-refractivity contribution is -0.125. The van der Waals surface area contributed by atoms with E-state index in [2.05, 4.69) is 5.32 Å². The summed E-state index contributed by atoms with van der Waals surface area (Å²) in [5, 5.41) is 2.91. The third kappa shape index (κ3) is 3.09. The van der Waals surface area contributed by atoms with Gasteiger partial charge in [-0.05, 0) is 23.3 Å². The van der Waals surface area contributed by atoms with E-state index in [4.69, 9.17) is 4.74 Å². The summed E-state index contributed by atoms with van der Waals surface area (Å²) in [6.45, 7) is 0. The van der Waals surface area contributed by atoms with Gasteiger partial charge >= 0.3 is 5.97 Å². The van der Waals surface area contributed by atoms with E-state index in [1.165, 1.54) is 0 Å². The number of amides is 1. The average molecular weight is 343 g/mol. The van der Waals surface area contributed by atoms with Crippen LogP contribution >= 0.6 is 0 Å². The first-order valence-electron chi connectivity index (χ1n) is 8.46. The Balaban J connectivity index is 1.58. The fraction of sp³-hybridized carbons (Fsp3) is 0.0909. The van der Waals surface area contributed by atoms with Gasteiger partial charge in [-0.1, -0.05) is 66.7 Å². The summed E-state index contributed by atoms with van der Waals surface area (Å²) in [5.41, 5.74) is 3.98. The summed E-state index contributed by atoms with van der Waals surface area (Å²) in [7, 11) is 0. The third-order valence-corrected chi connectivity index (χ3v) is 4.45. The maximum atomic E-state index is 12.7. The Labute approximate surface area is 151 Å². The van der Waals surface area contributed by atoms with E-state index in [0.29, 0.717) is 17.7 Å². The highest BCUT2D eigenvalue weighted by Gasteiger charge is 2.31. The van der Waals surface area contributed by atoms with Gasteiger partial charge < -0.3 is 10.1 Å². The largest absolute Gasteiger partial charge is 0.448 e. The van der Waals surface area contributed by atoms with Crippen molar-refractivity contribution >= 4 is 17.6 Å². The number of benzene rings is 3. The van der Waals surface area contributed by atoms with Gasteiger partial charge in [0, 0.05) is 17.7 Å². The number of cyclic esters (lactones) is 1. The Kier molecular flexibility index (Phi) is 4.23. The van der Waals surface area contributed by atoms with E-state index in [-0.39, 0.29) is 5.91 Å². The minimum Gasteiger partial charge on any atom is -0.448 e. The van der Waals surface area contributed by atoms with E-state index >= 15 is 0 Å². The monoisotopic (exact) mass is 343 g/mol. The number of hydrogen-bond acceptors (Lipinski definition) is 3. The first kappa shape index (κ1) is 16.1. The highest BCUT2D eigenvalue weighted by atomic mass is 16.5. The molecule has 0 radical (unpaired) electrons. The number of anilines is 1. The van der Waals surface area contributed by atoms with Crippen LogP contribution in [0.1, 0.15) is 15.9 Å². The van der Waals surface area contributed by atoms with Crippen LogP contribution < -0.4 is 5.32 Å². The quantitative estimate of drug-likeness (QED) is 0.729. The number of carbonyl (C=O) groups excluding carboxylic acids is 2. The molecule has 3 aromatic rings. The molecule has 0 aromatic heterocycles. The minimum absolute atomic E-state index is 0.323. The second kappa shape index (κ2) is 6.84. The lowest BCUT2D eigenvalue weighted by Gasteiger charge is -2.24. The zero-order valence-corrected chi connectivity index (χ0v) is 14.0. The maximum Gasteiger partial charge on any atom is 0.339 e. The van der Waals surface area contributed by atoms with E-state index in [1.54, 1.807) is 12.1 Å². The molecular weight excluding hydrogens is 326 g/mol. The standard InChI is InChI=1S/C22H17NO3/c24-21(20-14-16-10-4-5-12-18(16)22(25)26-20)23-19-13-7-6-11-17(19)15-8-2-1-3-9-15/h1-13,20H,14H2,(H,23,24). The SMILES string of the molecule is O=C1OC(C(=O)Nc2ccccc2-c2ccccc2)Cc2ccccc21. The summed E-state index contributed by atoms with van der Waals surface area (Å²) in [4.78, 5) is 24.9. The van der Waals surface area contributed by atoms with Crippen molar-refractivity contribution in [3.8, 4) is 11.1 Å². The highest BCUT2D eigenvalue weighted by Crippen LogP contribution is 2.28. The Bertz CT molecular complexity index is 966. The summed E-state index contributed by atoms with van der Waals surface area (Å²) in [6, 6.07) is 24.6. The van der Waals surface area contributed by atoms with Crippen LogP contribution in [0.2, 0.25) is 0 Å². The van der Waals surface area contributed by atoms with Gasteiger partial charge in [0.25, 0.3) is 5.91 Å². The van der Waals surface area contributed by atoms with Gasteiger partial charge in [-0.3, -0.25) is 4.79 Å². The first-order valence-corrected chi connectivity index (χ1v) is 8.46. The third-order valence-electron chi connectivity index (χ3n) is 4.45. The molecule has 0 spiro atoms. The molecule has 1 heterocycles. The molecule has 0 aliphatic carbocycles. The number of para-hydroxylation sites is 1. The second-order valence-corrected chi connectivity index (χ2v) is 6.16. The minimum atomic E-state index is -0.832. The molecule has 4 nitrogen and oxygen atoms in total. The fourth-order valence-corrected chi connectivity index (χ4v) is 3.15. The summed E-state index contributed by atoms with van der Waals surface area (Å²) in [5.74, 6) is -0.778. The molecule has 1 unspecified atom stereocenters. The van der Waals surface area contributed by atoms with Gasteiger partial charge in [-0.15, -0.1) is 0 Å². The maximum absolute atomic E-state index is 12.7. The van der Waals surface area contributed by atoms with Crippen molar-refractivity contribution < 1.29 is 14.3 Å². The van der Waals surface area contributed by atoms with Crippen LogP contribution in [0, 0.1) is 0 Å². The number of fused-ring (bicyclic) bond motifs is 1. The van der Waals surface area contributed by atoms with Crippen LogP contribution in [0.25, 0.3) is 11.1 Å². The molecule has 0 saturated carbocycles. The van der Waals surface area contributed by atoms with E-state index < -0.39 is 12.1 Å². The predicted molar refractivity (Wildman–Crippen MR) is 99.9 cm³/mol. The van der Waals surface area contributed by atoms with Crippen molar-refractivity contribution in [2.75, 3.05) is 5.32 Å². The lowest BCUT2D eigenvalue weighted by Crippen LogP contribution is -2.38. The van der Waals surface area contributed by atoms with Crippen molar-refractivity contribution in [3.05, 3.63) is 90.0 Å². The zero-order valence-electron chi connectivity index (χ0n) is 14.0. The van der Waals surface area contributed by atoms with Crippen molar-refractivity contribution in [2.45, 2.75) is 12.5 Å². The molecule has 1 aliphatic rings. The smallest absolute Gasteiger partial charge is 0.339 e. The van der Waals surface area contributed by atoms with Crippen LogP contribution in [0.3, 0.4) is 0 Å². The molecule has 0 saturated heterocycles. The fourth-order valence-electron chi connectivity index (χ4n) is 3.15. The van der Waals surface area contributed by atoms with E-state index in [1.807, 2.05) is 66.7 Å². The first-order chi connectivity index (χ1) is 12.7. The molecule has 0 bridgehead atoms. The molecule has 3 aromatic carbocycles. The van der Waals surface area contributed by atoms with Crippen molar-refractivity contribution in [2.24, 2.45) is 0 Å². The molecule has 0 fully saturated rings. The predicted octanol–water partition coefficient (Wildman–Crippen LogP) is 4.07. The van der Waals surface area contributed by atoms with Gasteiger partial charge in [-0.2, -0.15) is 0 Å². The van der Waals surface area contributed by atoms with Gasteiger partial charge in [0.2, 0.25) is 0 Å². The number of nitrogens with one attached hydrogen (secondary N) is 1. The molecular formula is C22H17NO3.